The number of benzene rings is 1. The van der Waals surface area contributed by atoms with Crippen LogP contribution in [0.5, 0.6) is 5.75 Å². The lowest BCUT2D eigenvalue weighted by atomic mass is 10.1. The molecule has 0 saturated heterocycles. The second-order valence-corrected chi connectivity index (χ2v) is 2.79. The largest absolute Gasteiger partial charge is 0.497 e. The molecule has 0 aromatic heterocycles. The lowest BCUT2D eigenvalue weighted by Crippen LogP contribution is -1.89. The van der Waals surface area contributed by atoms with Gasteiger partial charge in [0, 0.05) is 0 Å². The number of allylic oxidation sites excluding steroid dienone is 1. The van der Waals surface area contributed by atoms with Crippen LogP contribution in [0.15, 0.2) is 30.9 Å². The molecule has 0 saturated carbocycles. The highest BCUT2D eigenvalue weighted by molar-refractivity contribution is 5.35. The Morgan fingerprint density at radius 3 is 2.83 bits per heavy atom. The van der Waals surface area contributed by atoms with Crippen LogP contribution in [0.25, 0.3) is 0 Å². The summed E-state index contributed by atoms with van der Waals surface area (Å²) in [6.45, 7) is 5.81. The molecule has 0 spiro atoms. The molecule has 0 aliphatic carbocycles. The van der Waals surface area contributed by atoms with Gasteiger partial charge >= 0.3 is 0 Å². The van der Waals surface area contributed by atoms with Crippen LogP contribution in [0.4, 0.5) is 0 Å². The highest BCUT2D eigenvalue weighted by atomic mass is 16.5. The van der Waals surface area contributed by atoms with E-state index in [1.165, 1.54) is 11.1 Å². The highest BCUT2D eigenvalue weighted by Crippen LogP contribution is 2.17. The molecule has 0 bridgehead atoms. The molecule has 0 amide bonds. The Hall–Kier alpha value is -1.24. The molecular formula is C11H14O. The first kappa shape index (κ1) is 8.85. The van der Waals surface area contributed by atoms with Crippen LogP contribution >= 0.6 is 0 Å². The van der Waals surface area contributed by atoms with E-state index in [1.807, 2.05) is 12.1 Å². The fraction of sp³-hybridized carbons (Fsp3) is 0.273. The summed E-state index contributed by atoms with van der Waals surface area (Å²) in [4.78, 5) is 0. The van der Waals surface area contributed by atoms with Crippen molar-refractivity contribution < 1.29 is 4.74 Å². The van der Waals surface area contributed by atoms with Gasteiger partial charge in [-0.05, 0) is 36.6 Å². The van der Waals surface area contributed by atoms with E-state index in [-0.39, 0.29) is 0 Å². The molecule has 0 aliphatic rings. The summed E-state index contributed by atoms with van der Waals surface area (Å²) < 4.78 is 5.12. The topological polar surface area (TPSA) is 9.23 Å². The monoisotopic (exact) mass is 162 g/mol. The molecule has 1 rings (SSSR count). The number of aryl methyl sites for hydroxylation is 1. The predicted molar refractivity (Wildman–Crippen MR) is 51.6 cm³/mol. The van der Waals surface area contributed by atoms with E-state index in [2.05, 4.69) is 25.6 Å². The fourth-order valence-corrected chi connectivity index (χ4v) is 1.15. The minimum atomic E-state index is 0.906. The SMILES string of the molecule is C=CCc1cc(OC)ccc1C. The van der Waals surface area contributed by atoms with E-state index >= 15 is 0 Å². The molecule has 0 aliphatic heterocycles. The predicted octanol–water partition coefficient (Wildman–Crippen LogP) is 2.73. The quantitative estimate of drug-likeness (QED) is 0.621. The van der Waals surface area contributed by atoms with Crippen molar-refractivity contribution in [1.82, 2.24) is 0 Å². The normalized spacial score (nSPS) is 9.50. The van der Waals surface area contributed by atoms with Crippen molar-refractivity contribution in [3.8, 4) is 5.75 Å². The smallest absolute Gasteiger partial charge is 0.119 e. The summed E-state index contributed by atoms with van der Waals surface area (Å²) in [7, 11) is 1.68. The molecular weight excluding hydrogens is 148 g/mol. The molecule has 64 valence electrons. The van der Waals surface area contributed by atoms with E-state index in [0.29, 0.717) is 0 Å². The van der Waals surface area contributed by atoms with Gasteiger partial charge in [-0.15, -0.1) is 6.58 Å². The maximum absolute atomic E-state index is 5.12. The molecule has 0 fully saturated rings. The van der Waals surface area contributed by atoms with Crippen LogP contribution in [0.2, 0.25) is 0 Å². The van der Waals surface area contributed by atoms with Crippen LogP contribution in [-0.4, -0.2) is 7.11 Å². The second-order valence-electron chi connectivity index (χ2n) is 2.79. The maximum atomic E-state index is 5.12. The molecule has 0 heterocycles. The standard InChI is InChI=1S/C11H14O/c1-4-5-10-8-11(12-3)7-6-9(10)2/h4,6-8H,1,5H2,2-3H3. The van der Waals surface area contributed by atoms with Gasteiger partial charge in [0.15, 0.2) is 0 Å². The summed E-state index contributed by atoms with van der Waals surface area (Å²) in [5.41, 5.74) is 2.57. The summed E-state index contributed by atoms with van der Waals surface area (Å²) in [5.74, 6) is 0.914. The minimum absolute atomic E-state index is 0.906. The summed E-state index contributed by atoms with van der Waals surface area (Å²) in [5, 5.41) is 0. The van der Waals surface area contributed by atoms with Gasteiger partial charge in [0.2, 0.25) is 0 Å². The van der Waals surface area contributed by atoms with Gasteiger partial charge in [-0.3, -0.25) is 0 Å². The molecule has 0 N–H and O–H groups in total. The van der Waals surface area contributed by atoms with Crippen molar-refractivity contribution >= 4 is 0 Å². The van der Waals surface area contributed by atoms with E-state index in [4.69, 9.17) is 4.74 Å². The zero-order chi connectivity index (χ0) is 8.97. The lowest BCUT2D eigenvalue weighted by Gasteiger charge is -2.05. The summed E-state index contributed by atoms with van der Waals surface area (Å²) >= 11 is 0. The zero-order valence-electron chi connectivity index (χ0n) is 7.63. The highest BCUT2D eigenvalue weighted by Gasteiger charge is 1.97. The van der Waals surface area contributed by atoms with Crippen molar-refractivity contribution in [2.24, 2.45) is 0 Å². The molecule has 1 aromatic carbocycles. The molecule has 1 nitrogen and oxygen atoms in total. The Balaban J connectivity index is 2.99. The number of ether oxygens (including phenoxy) is 1. The van der Waals surface area contributed by atoms with Crippen LogP contribution in [0, 0.1) is 6.92 Å². The first-order valence-corrected chi connectivity index (χ1v) is 4.02. The average Bonchev–Trinajstić information content (AvgIpc) is 2.09. The lowest BCUT2D eigenvalue weighted by molar-refractivity contribution is 0.414. The van der Waals surface area contributed by atoms with Gasteiger partial charge in [0.25, 0.3) is 0 Å². The molecule has 0 unspecified atom stereocenters. The van der Waals surface area contributed by atoms with Gasteiger partial charge in [0.05, 0.1) is 7.11 Å². The average molecular weight is 162 g/mol. The van der Waals surface area contributed by atoms with Crippen molar-refractivity contribution in [3.05, 3.63) is 42.0 Å². The van der Waals surface area contributed by atoms with Crippen LogP contribution < -0.4 is 4.74 Å². The van der Waals surface area contributed by atoms with Gasteiger partial charge < -0.3 is 4.74 Å². The van der Waals surface area contributed by atoms with Crippen molar-refractivity contribution in [2.75, 3.05) is 7.11 Å². The third-order valence-electron chi connectivity index (χ3n) is 1.92. The van der Waals surface area contributed by atoms with E-state index < -0.39 is 0 Å². The number of rotatable bonds is 3. The Bertz CT molecular complexity index is 276. The van der Waals surface area contributed by atoms with Crippen molar-refractivity contribution in [1.29, 1.82) is 0 Å². The van der Waals surface area contributed by atoms with Crippen molar-refractivity contribution in [3.63, 3.8) is 0 Å². The minimum Gasteiger partial charge on any atom is -0.497 e. The molecule has 0 atom stereocenters. The third-order valence-corrected chi connectivity index (χ3v) is 1.92. The van der Waals surface area contributed by atoms with E-state index in [1.54, 1.807) is 7.11 Å². The Labute approximate surface area is 73.7 Å². The molecule has 12 heavy (non-hydrogen) atoms. The van der Waals surface area contributed by atoms with Crippen LogP contribution in [-0.2, 0) is 6.42 Å². The van der Waals surface area contributed by atoms with Gasteiger partial charge in [-0.2, -0.15) is 0 Å². The molecule has 1 heteroatoms. The third kappa shape index (κ3) is 1.88. The number of methoxy groups -OCH3 is 1. The van der Waals surface area contributed by atoms with Gasteiger partial charge in [-0.25, -0.2) is 0 Å². The maximum Gasteiger partial charge on any atom is 0.119 e. The van der Waals surface area contributed by atoms with E-state index in [0.717, 1.165) is 12.2 Å². The number of hydrogen-bond acceptors (Lipinski definition) is 1. The van der Waals surface area contributed by atoms with Crippen LogP contribution in [0.3, 0.4) is 0 Å². The van der Waals surface area contributed by atoms with Crippen molar-refractivity contribution in [2.45, 2.75) is 13.3 Å². The second kappa shape index (κ2) is 3.96. The van der Waals surface area contributed by atoms with E-state index in [9.17, 15) is 0 Å². The molecule has 1 aromatic rings. The van der Waals surface area contributed by atoms with Gasteiger partial charge in [-0.1, -0.05) is 12.1 Å². The Kier molecular flexibility index (Phi) is 2.92. The molecule has 0 radical (unpaired) electrons. The van der Waals surface area contributed by atoms with Gasteiger partial charge in [0.1, 0.15) is 5.75 Å². The Morgan fingerprint density at radius 1 is 1.50 bits per heavy atom. The summed E-state index contributed by atoms with van der Waals surface area (Å²) in [6, 6.07) is 6.09. The fourth-order valence-electron chi connectivity index (χ4n) is 1.15. The van der Waals surface area contributed by atoms with Crippen LogP contribution in [0.1, 0.15) is 11.1 Å². The first-order valence-electron chi connectivity index (χ1n) is 4.02. The Morgan fingerprint density at radius 2 is 2.25 bits per heavy atom. The summed E-state index contributed by atoms with van der Waals surface area (Å²) in [6.07, 6.45) is 2.81. The number of hydrogen-bond donors (Lipinski definition) is 0. The first-order chi connectivity index (χ1) is 5.77. The zero-order valence-corrected chi connectivity index (χ0v) is 7.63.